The summed E-state index contributed by atoms with van der Waals surface area (Å²) in [7, 11) is 0. The van der Waals surface area contributed by atoms with E-state index in [0.29, 0.717) is 16.9 Å². The largest absolute Gasteiger partial charge is 0.399 e. The molecule has 0 saturated carbocycles. The van der Waals surface area contributed by atoms with E-state index in [0.717, 1.165) is 6.42 Å². The predicted molar refractivity (Wildman–Crippen MR) is 87.1 cm³/mol. The highest BCUT2D eigenvalue weighted by atomic mass is 16.1. The SMILES string of the molecule is Cc1ccccc1CC(C)NC(=O)c1ccc(N)cc1N. The number of benzene rings is 2. The van der Waals surface area contributed by atoms with Crippen LogP contribution in [0.1, 0.15) is 28.4 Å². The van der Waals surface area contributed by atoms with Crippen LogP contribution in [-0.4, -0.2) is 11.9 Å². The molecule has 0 saturated heterocycles. The first kappa shape index (κ1) is 14.9. The molecule has 0 aliphatic rings. The van der Waals surface area contributed by atoms with Gasteiger partial charge in [0.2, 0.25) is 0 Å². The molecule has 4 nitrogen and oxygen atoms in total. The maximum Gasteiger partial charge on any atom is 0.253 e. The van der Waals surface area contributed by atoms with Gasteiger partial charge in [-0.15, -0.1) is 0 Å². The second-order valence-electron chi connectivity index (χ2n) is 5.35. The Labute approximate surface area is 125 Å². The Kier molecular flexibility index (Phi) is 4.48. The van der Waals surface area contributed by atoms with E-state index in [1.165, 1.54) is 11.1 Å². The molecule has 0 heterocycles. The number of aryl methyl sites for hydroxylation is 1. The summed E-state index contributed by atoms with van der Waals surface area (Å²) in [6.07, 6.45) is 0.785. The lowest BCUT2D eigenvalue weighted by atomic mass is 10.0. The molecule has 2 aromatic carbocycles. The van der Waals surface area contributed by atoms with E-state index in [-0.39, 0.29) is 11.9 Å². The van der Waals surface area contributed by atoms with E-state index in [4.69, 9.17) is 11.5 Å². The molecule has 5 N–H and O–H groups in total. The van der Waals surface area contributed by atoms with Crippen molar-refractivity contribution in [2.75, 3.05) is 11.5 Å². The zero-order chi connectivity index (χ0) is 15.4. The Hall–Kier alpha value is -2.49. The van der Waals surface area contributed by atoms with Gasteiger partial charge < -0.3 is 16.8 Å². The zero-order valence-corrected chi connectivity index (χ0v) is 12.4. The van der Waals surface area contributed by atoms with Crippen molar-refractivity contribution in [1.29, 1.82) is 0 Å². The van der Waals surface area contributed by atoms with Crippen LogP contribution < -0.4 is 16.8 Å². The molecule has 0 aromatic heterocycles. The summed E-state index contributed by atoms with van der Waals surface area (Å²) in [5, 5.41) is 2.97. The van der Waals surface area contributed by atoms with Gasteiger partial charge in [-0.1, -0.05) is 24.3 Å². The quantitative estimate of drug-likeness (QED) is 0.754. The predicted octanol–water partition coefficient (Wildman–Crippen LogP) is 2.52. The van der Waals surface area contributed by atoms with E-state index < -0.39 is 0 Å². The molecule has 0 fully saturated rings. The number of carbonyl (C=O) groups excluding carboxylic acids is 1. The number of hydrogen-bond acceptors (Lipinski definition) is 3. The standard InChI is InChI=1S/C17H21N3O/c1-11-5-3-4-6-13(11)9-12(2)20-17(21)15-8-7-14(18)10-16(15)19/h3-8,10,12H,9,18-19H2,1-2H3,(H,20,21). The van der Waals surface area contributed by atoms with Crippen LogP contribution in [0, 0.1) is 6.92 Å². The number of nitrogens with two attached hydrogens (primary N) is 2. The fourth-order valence-electron chi connectivity index (χ4n) is 2.31. The molecule has 2 aromatic rings. The van der Waals surface area contributed by atoms with Crippen molar-refractivity contribution in [3.05, 3.63) is 59.2 Å². The zero-order valence-electron chi connectivity index (χ0n) is 12.4. The molecular formula is C17H21N3O. The average Bonchev–Trinajstić information content (AvgIpc) is 2.41. The highest BCUT2D eigenvalue weighted by Crippen LogP contribution is 2.16. The van der Waals surface area contributed by atoms with Gasteiger partial charge in [0.25, 0.3) is 5.91 Å². The number of hydrogen-bond donors (Lipinski definition) is 3. The van der Waals surface area contributed by atoms with Crippen LogP contribution in [0.15, 0.2) is 42.5 Å². The van der Waals surface area contributed by atoms with Gasteiger partial charge in [0.1, 0.15) is 0 Å². The third-order valence-electron chi connectivity index (χ3n) is 3.49. The maximum absolute atomic E-state index is 12.2. The lowest BCUT2D eigenvalue weighted by molar-refractivity contribution is 0.0941. The lowest BCUT2D eigenvalue weighted by Gasteiger charge is -2.16. The Morgan fingerprint density at radius 2 is 1.90 bits per heavy atom. The molecule has 0 aliphatic heterocycles. The van der Waals surface area contributed by atoms with E-state index in [1.807, 2.05) is 19.1 Å². The van der Waals surface area contributed by atoms with E-state index in [1.54, 1.807) is 18.2 Å². The molecule has 0 bridgehead atoms. The number of nitrogens with one attached hydrogen (secondary N) is 1. The fourth-order valence-corrected chi connectivity index (χ4v) is 2.31. The van der Waals surface area contributed by atoms with Crippen molar-refractivity contribution in [2.45, 2.75) is 26.3 Å². The second kappa shape index (κ2) is 6.31. The Bertz CT molecular complexity index is 652. The van der Waals surface area contributed by atoms with Crippen molar-refractivity contribution in [1.82, 2.24) is 5.32 Å². The number of rotatable bonds is 4. The highest BCUT2D eigenvalue weighted by Gasteiger charge is 2.13. The van der Waals surface area contributed by atoms with Gasteiger partial charge in [-0.3, -0.25) is 4.79 Å². The Morgan fingerprint density at radius 3 is 2.57 bits per heavy atom. The molecule has 0 radical (unpaired) electrons. The summed E-state index contributed by atoms with van der Waals surface area (Å²) in [5.74, 6) is -0.173. The first-order valence-corrected chi connectivity index (χ1v) is 6.97. The van der Waals surface area contributed by atoms with Crippen LogP contribution in [0.25, 0.3) is 0 Å². The van der Waals surface area contributed by atoms with Crippen LogP contribution in [0.5, 0.6) is 0 Å². The van der Waals surface area contributed by atoms with E-state index >= 15 is 0 Å². The van der Waals surface area contributed by atoms with Gasteiger partial charge in [0.05, 0.1) is 5.56 Å². The smallest absolute Gasteiger partial charge is 0.253 e. The fraction of sp³-hybridized carbons (Fsp3) is 0.235. The summed E-state index contributed by atoms with van der Waals surface area (Å²) >= 11 is 0. The van der Waals surface area contributed by atoms with Gasteiger partial charge >= 0.3 is 0 Å². The number of amides is 1. The average molecular weight is 283 g/mol. The van der Waals surface area contributed by atoms with Crippen LogP contribution >= 0.6 is 0 Å². The van der Waals surface area contributed by atoms with Crippen molar-refractivity contribution in [3.8, 4) is 0 Å². The molecule has 0 spiro atoms. The van der Waals surface area contributed by atoms with Crippen molar-refractivity contribution >= 4 is 17.3 Å². The number of anilines is 2. The van der Waals surface area contributed by atoms with E-state index in [9.17, 15) is 4.79 Å². The highest BCUT2D eigenvalue weighted by molar-refractivity contribution is 5.99. The van der Waals surface area contributed by atoms with Crippen molar-refractivity contribution in [3.63, 3.8) is 0 Å². The Morgan fingerprint density at radius 1 is 1.19 bits per heavy atom. The molecule has 21 heavy (non-hydrogen) atoms. The molecule has 110 valence electrons. The minimum atomic E-state index is -0.173. The van der Waals surface area contributed by atoms with Crippen LogP contribution in [0.4, 0.5) is 11.4 Å². The van der Waals surface area contributed by atoms with Gasteiger partial charge in [0.15, 0.2) is 0 Å². The lowest BCUT2D eigenvalue weighted by Crippen LogP contribution is -2.34. The Balaban J connectivity index is 2.04. The number of nitrogen functional groups attached to an aromatic ring is 2. The number of carbonyl (C=O) groups is 1. The van der Waals surface area contributed by atoms with Crippen LogP contribution in [-0.2, 0) is 6.42 Å². The van der Waals surface area contributed by atoms with Crippen LogP contribution in [0.2, 0.25) is 0 Å². The summed E-state index contributed by atoms with van der Waals surface area (Å²) in [4.78, 5) is 12.2. The minimum Gasteiger partial charge on any atom is -0.399 e. The molecular weight excluding hydrogens is 262 g/mol. The monoisotopic (exact) mass is 283 g/mol. The first-order valence-electron chi connectivity index (χ1n) is 6.97. The summed E-state index contributed by atoms with van der Waals surface area (Å²) < 4.78 is 0. The first-order chi connectivity index (χ1) is 9.97. The van der Waals surface area contributed by atoms with Gasteiger partial charge in [-0.2, -0.15) is 0 Å². The summed E-state index contributed by atoms with van der Waals surface area (Å²) in [6, 6.07) is 13.1. The molecule has 2 rings (SSSR count). The van der Waals surface area contributed by atoms with Gasteiger partial charge in [0, 0.05) is 17.4 Å². The summed E-state index contributed by atoms with van der Waals surface area (Å²) in [6.45, 7) is 4.06. The second-order valence-corrected chi connectivity index (χ2v) is 5.35. The molecule has 4 heteroatoms. The van der Waals surface area contributed by atoms with E-state index in [2.05, 4.69) is 24.4 Å². The van der Waals surface area contributed by atoms with Gasteiger partial charge in [-0.05, 0) is 49.6 Å². The van der Waals surface area contributed by atoms with Crippen molar-refractivity contribution in [2.24, 2.45) is 0 Å². The third kappa shape index (κ3) is 3.75. The normalized spacial score (nSPS) is 11.9. The van der Waals surface area contributed by atoms with Crippen molar-refractivity contribution < 1.29 is 4.79 Å². The third-order valence-corrected chi connectivity index (χ3v) is 3.49. The molecule has 1 atom stereocenters. The molecule has 0 aliphatic carbocycles. The molecule has 1 amide bonds. The van der Waals surface area contributed by atoms with Gasteiger partial charge in [-0.25, -0.2) is 0 Å². The molecule has 1 unspecified atom stereocenters. The maximum atomic E-state index is 12.2. The topological polar surface area (TPSA) is 81.1 Å². The van der Waals surface area contributed by atoms with Crippen LogP contribution in [0.3, 0.4) is 0 Å². The minimum absolute atomic E-state index is 0.0237. The summed E-state index contributed by atoms with van der Waals surface area (Å²) in [5.41, 5.74) is 15.3.